The largest absolute Gasteiger partial charge is 0.497 e. The van der Waals surface area contributed by atoms with E-state index in [1.165, 1.54) is 11.8 Å². The van der Waals surface area contributed by atoms with Crippen LogP contribution in [0.3, 0.4) is 0 Å². The number of rotatable bonds is 7. The highest BCUT2D eigenvalue weighted by atomic mass is 79.9. The molecule has 0 heterocycles. The monoisotopic (exact) mass is 484 g/mol. The molecular weight excluding hydrogens is 464 g/mol. The van der Waals surface area contributed by atoms with Crippen molar-refractivity contribution in [2.75, 3.05) is 17.7 Å². The molecule has 1 atom stereocenters. The minimum Gasteiger partial charge on any atom is -0.497 e. The van der Waals surface area contributed by atoms with Crippen LogP contribution in [0.5, 0.6) is 5.75 Å². The van der Waals surface area contributed by atoms with Crippen molar-refractivity contribution in [3.63, 3.8) is 0 Å². The highest BCUT2D eigenvalue weighted by molar-refractivity contribution is 9.10. The van der Waals surface area contributed by atoms with Gasteiger partial charge in [0.25, 0.3) is 5.91 Å². The number of methoxy groups -OCH3 is 1. The van der Waals surface area contributed by atoms with Crippen molar-refractivity contribution in [1.29, 1.82) is 0 Å². The standard InChI is InChI=1S/C23H21BrN2O3S/c1-15(22(27)25-18-10-8-17(24)9-11-18)30-21-5-3-4-19(14-21)26-23(28)16-6-12-20(29-2)13-7-16/h3-15H,1-2H3,(H,25,27)(H,26,28). The molecule has 1 unspecified atom stereocenters. The molecule has 0 saturated heterocycles. The van der Waals surface area contributed by atoms with Gasteiger partial charge >= 0.3 is 0 Å². The highest BCUT2D eigenvalue weighted by Gasteiger charge is 2.15. The van der Waals surface area contributed by atoms with E-state index >= 15 is 0 Å². The van der Waals surface area contributed by atoms with Crippen LogP contribution in [-0.2, 0) is 4.79 Å². The van der Waals surface area contributed by atoms with Gasteiger partial charge in [-0.25, -0.2) is 0 Å². The third-order valence-electron chi connectivity index (χ3n) is 4.24. The first-order valence-electron chi connectivity index (χ1n) is 9.23. The van der Waals surface area contributed by atoms with E-state index in [-0.39, 0.29) is 17.1 Å². The zero-order valence-corrected chi connectivity index (χ0v) is 18.9. The van der Waals surface area contributed by atoms with Crippen LogP contribution in [0.25, 0.3) is 0 Å². The minimum absolute atomic E-state index is 0.0880. The average molecular weight is 485 g/mol. The van der Waals surface area contributed by atoms with E-state index in [0.717, 1.165) is 15.1 Å². The minimum atomic E-state index is -0.304. The predicted octanol–water partition coefficient (Wildman–Crippen LogP) is 5.83. The summed E-state index contributed by atoms with van der Waals surface area (Å²) in [5.74, 6) is 0.399. The molecule has 0 fully saturated rings. The molecule has 0 radical (unpaired) electrons. The Labute approximate surface area is 188 Å². The number of benzene rings is 3. The lowest BCUT2D eigenvalue weighted by molar-refractivity contribution is -0.115. The Morgan fingerprint density at radius 3 is 2.30 bits per heavy atom. The van der Waals surface area contributed by atoms with Crippen LogP contribution < -0.4 is 15.4 Å². The summed E-state index contributed by atoms with van der Waals surface area (Å²) in [6.45, 7) is 1.85. The van der Waals surface area contributed by atoms with Crippen LogP contribution in [0.1, 0.15) is 17.3 Å². The van der Waals surface area contributed by atoms with E-state index < -0.39 is 0 Å². The number of nitrogens with one attached hydrogen (secondary N) is 2. The molecule has 0 aliphatic rings. The van der Waals surface area contributed by atoms with Crippen LogP contribution in [-0.4, -0.2) is 24.2 Å². The molecule has 3 aromatic rings. The maximum absolute atomic E-state index is 12.5. The number of amides is 2. The van der Waals surface area contributed by atoms with Gasteiger partial charge in [0.1, 0.15) is 5.75 Å². The van der Waals surface area contributed by atoms with Gasteiger partial charge in [-0.3, -0.25) is 9.59 Å². The van der Waals surface area contributed by atoms with Gasteiger partial charge in [0.05, 0.1) is 12.4 Å². The quantitative estimate of drug-likeness (QED) is 0.414. The molecule has 30 heavy (non-hydrogen) atoms. The Hall–Kier alpha value is -2.77. The van der Waals surface area contributed by atoms with Crippen LogP contribution in [0.15, 0.2) is 82.2 Å². The summed E-state index contributed by atoms with van der Waals surface area (Å²) in [6, 6.07) is 21.8. The summed E-state index contributed by atoms with van der Waals surface area (Å²) < 4.78 is 6.07. The molecule has 7 heteroatoms. The third-order valence-corrected chi connectivity index (χ3v) is 5.86. The summed E-state index contributed by atoms with van der Waals surface area (Å²) in [5.41, 5.74) is 1.95. The van der Waals surface area contributed by atoms with Gasteiger partial charge in [0, 0.05) is 26.3 Å². The van der Waals surface area contributed by atoms with E-state index in [4.69, 9.17) is 4.74 Å². The van der Waals surface area contributed by atoms with E-state index in [1.54, 1.807) is 31.4 Å². The Morgan fingerprint density at radius 1 is 0.933 bits per heavy atom. The van der Waals surface area contributed by atoms with Gasteiger partial charge < -0.3 is 15.4 Å². The third kappa shape index (κ3) is 6.11. The maximum atomic E-state index is 12.5. The number of carbonyl (C=O) groups excluding carboxylic acids is 2. The van der Waals surface area contributed by atoms with Crippen molar-refractivity contribution in [2.24, 2.45) is 0 Å². The SMILES string of the molecule is COc1ccc(C(=O)Nc2cccc(SC(C)C(=O)Nc3ccc(Br)cc3)c2)cc1. The van der Waals surface area contributed by atoms with Gasteiger partial charge in [-0.1, -0.05) is 22.0 Å². The van der Waals surface area contributed by atoms with Crippen molar-refractivity contribution >= 4 is 50.9 Å². The lowest BCUT2D eigenvalue weighted by Crippen LogP contribution is -2.22. The molecular formula is C23H21BrN2O3S. The van der Waals surface area contributed by atoms with Crippen molar-refractivity contribution < 1.29 is 14.3 Å². The van der Waals surface area contributed by atoms with E-state index in [2.05, 4.69) is 26.6 Å². The molecule has 0 aliphatic heterocycles. The molecule has 2 N–H and O–H groups in total. The number of ether oxygens (including phenoxy) is 1. The van der Waals surface area contributed by atoms with E-state index in [0.29, 0.717) is 17.0 Å². The first-order chi connectivity index (χ1) is 14.4. The average Bonchev–Trinajstić information content (AvgIpc) is 2.75. The lowest BCUT2D eigenvalue weighted by atomic mass is 10.2. The summed E-state index contributed by atoms with van der Waals surface area (Å²) >= 11 is 4.80. The molecule has 5 nitrogen and oxygen atoms in total. The molecule has 0 bridgehead atoms. The lowest BCUT2D eigenvalue weighted by Gasteiger charge is -2.13. The van der Waals surface area contributed by atoms with Gasteiger partial charge in [-0.2, -0.15) is 0 Å². The number of carbonyl (C=O) groups is 2. The van der Waals surface area contributed by atoms with E-state index in [1.807, 2.05) is 55.5 Å². The molecule has 154 valence electrons. The second-order valence-corrected chi connectivity index (χ2v) is 8.80. The highest BCUT2D eigenvalue weighted by Crippen LogP contribution is 2.27. The van der Waals surface area contributed by atoms with Crippen LogP contribution in [0.4, 0.5) is 11.4 Å². The van der Waals surface area contributed by atoms with Crippen LogP contribution in [0.2, 0.25) is 0 Å². The Morgan fingerprint density at radius 2 is 1.63 bits per heavy atom. The maximum Gasteiger partial charge on any atom is 0.255 e. The van der Waals surface area contributed by atoms with E-state index in [9.17, 15) is 9.59 Å². The normalized spacial score (nSPS) is 11.4. The molecule has 0 saturated carbocycles. The van der Waals surface area contributed by atoms with Crippen molar-refractivity contribution in [1.82, 2.24) is 0 Å². The number of anilines is 2. The van der Waals surface area contributed by atoms with Crippen LogP contribution in [0, 0.1) is 0 Å². The zero-order valence-electron chi connectivity index (χ0n) is 16.5. The Kier molecular flexibility index (Phi) is 7.54. The molecule has 2 amide bonds. The zero-order chi connectivity index (χ0) is 21.5. The van der Waals surface area contributed by atoms with Crippen molar-refractivity contribution in [2.45, 2.75) is 17.1 Å². The molecule has 0 aromatic heterocycles. The van der Waals surface area contributed by atoms with Gasteiger partial charge in [-0.05, 0) is 73.7 Å². The number of hydrogen-bond acceptors (Lipinski definition) is 4. The van der Waals surface area contributed by atoms with Crippen molar-refractivity contribution in [3.8, 4) is 5.75 Å². The summed E-state index contributed by atoms with van der Waals surface area (Å²) in [7, 11) is 1.58. The Balaban J connectivity index is 1.60. The molecule has 3 rings (SSSR count). The second kappa shape index (κ2) is 10.3. The number of hydrogen-bond donors (Lipinski definition) is 2. The summed E-state index contributed by atoms with van der Waals surface area (Å²) in [4.78, 5) is 25.8. The number of halogens is 1. The molecule has 0 spiro atoms. The molecule has 3 aromatic carbocycles. The van der Waals surface area contributed by atoms with Crippen LogP contribution >= 0.6 is 27.7 Å². The Bertz CT molecular complexity index is 1020. The topological polar surface area (TPSA) is 67.4 Å². The summed E-state index contributed by atoms with van der Waals surface area (Å²) in [6.07, 6.45) is 0. The molecule has 0 aliphatic carbocycles. The number of thioether (sulfide) groups is 1. The fourth-order valence-corrected chi connectivity index (χ4v) is 3.82. The van der Waals surface area contributed by atoms with Gasteiger partial charge in [-0.15, -0.1) is 11.8 Å². The fraction of sp³-hybridized carbons (Fsp3) is 0.130. The van der Waals surface area contributed by atoms with Crippen molar-refractivity contribution in [3.05, 3.63) is 82.8 Å². The summed E-state index contributed by atoms with van der Waals surface area (Å²) in [5, 5.41) is 5.49. The fourth-order valence-electron chi connectivity index (χ4n) is 2.63. The second-order valence-electron chi connectivity index (χ2n) is 6.47. The van der Waals surface area contributed by atoms with Gasteiger partial charge in [0.2, 0.25) is 5.91 Å². The smallest absolute Gasteiger partial charge is 0.255 e. The predicted molar refractivity (Wildman–Crippen MR) is 125 cm³/mol. The first-order valence-corrected chi connectivity index (χ1v) is 10.9. The first kappa shape index (κ1) is 21.9. The van der Waals surface area contributed by atoms with Gasteiger partial charge in [0.15, 0.2) is 0 Å².